The molecule has 0 aromatic heterocycles. The molecule has 0 fully saturated rings. The lowest BCUT2D eigenvalue weighted by molar-refractivity contribution is 0.765. The third-order valence-electron chi connectivity index (χ3n) is 2.38. The van der Waals surface area contributed by atoms with Gasteiger partial charge in [0, 0.05) is 37.4 Å². The van der Waals surface area contributed by atoms with Crippen LogP contribution in [0.4, 0.5) is 5.69 Å². The molecule has 3 N–H and O–H groups in total. The Labute approximate surface area is 96.2 Å². The van der Waals surface area contributed by atoms with Crippen molar-refractivity contribution in [3.05, 3.63) is 28.8 Å². The highest BCUT2D eigenvalue weighted by Crippen LogP contribution is 2.23. The van der Waals surface area contributed by atoms with E-state index in [4.69, 9.17) is 17.3 Å². The summed E-state index contributed by atoms with van der Waals surface area (Å²) in [6.45, 7) is 2.41. The highest BCUT2D eigenvalue weighted by Gasteiger charge is 2.06. The SMILES string of the molecule is CNCCN(C)c1cc(Cl)ccc1CN. The lowest BCUT2D eigenvalue weighted by atomic mass is 10.1. The van der Waals surface area contributed by atoms with E-state index in [0.29, 0.717) is 6.54 Å². The molecule has 1 rings (SSSR count). The van der Waals surface area contributed by atoms with Crippen LogP contribution in [-0.2, 0) is 6.54 Å². The molecule has 0 aliphatic heterocycles. The molecule has 0 spiro atoms. The summed E-state index contributed by atoms with van der Waals surface area (Å²) in [4.78, 5) is 2.16. The molecule has 3 nitrogen and oxygen atoms in total. The molecule has 0 radical (unpaired) electrons. The van der Waals surface area contributed by atoms with E-state index in [9.17, 15) is 0 Å². The molecule has 84 valence electrons. The van der Waals surface area contributed by atoms with Crippen LogP contribution in [-0.4, -0.2) is 27.2 Å². The molecule has 0 unspecified atom stereocenters. The fourth-order valence-electron chi connectivity index (χ4n) is 1.46. The Kier molecular flexibility index (Phi) is 4.88. The molecule has 0 aliphatic rings. The van der Waals surface area contributed by atoms with Crippen LogP contribution >= 0.6 is 11.6 Å². The summed E-state index contributed by atoms with van der Waals surface area (Å²) in [6.07, 6.45) is 0. The fourth-order valence-corrected chi connectivity index (χ4v) is 1.63. The van der Waals surface area contributed by atoms with Crippen molar-refractivity contribution < 1.29 is 0 Å². The van der Waals surface area contributed by atoms with Crippen molar-refractivity contribution in [3.8, 4) is 0 Å². The van der Waals surface area contributed by atoms with Crippen molar-refractivity contribution in [3.63, 3.8) is 0 Å². The van der Waals surface area contributed by atoms with Crippen molar-refractivity contribution in [2.75, 3.05) is 32.1 Å². The number of anilines is 1. The van der Waals surface area contributed by atoms with Crippen LogP contribution in [0.25, 0.3) is 0 Å². The number of hydrogen-bond donors (Lipinski definition) is 2. The molecule has 0 heterocycles. The largest absolute Gasteiger partial charge is 0.373 e. The maximum atomic E-state index is 5.97. The maximum Gasteiger partial charge on any atom is 0.0426 e. The molecule has 1 aromatic carbocycles. The number of likely N-dealkylation sites (N-methyl/N-ethyl adjacent to an activating group) is 2. The fraction of sp³-hybridized carbons (Fsp3) is 0.455. The van der Waals surface area contributed by atoms with Gasteiger partial charge in [0.2, 0.25) is 0 Å². The van der Waals surface area contributed by atoms with Gasteiger partial charge in [-0.1, -0.05) is 17.7 Å². The number of nitrogens with two attached hydrogens (primary N) is 1. The summed E-state index contributed by atoms with van der Waals surface area (Å²) in [6, 6.07) is 5.81. The Balaban J connectivity index is 2.85. The molecule has 1 aromatic rings. The van der Waals surface area contributed by atoms with Gasteiger partial charge < -0.3 is 16.0 Å². The van der Waals surface area contributed by atoms with Gasteiger partial charge in [-0.25, -0.2) is 0 Å². The Bertz CT molecular complexity index is 315. The zero-order valence-corrected chi connectivity index (χ0v) is 10.0. The van der Waals surface area contributed by atoms with Gasteiger partial charge in [0.05, 0.1) is 0 Å². The second kappa shape index (κ2) is 5.95. The molecule has 0 bridgehead atoms. The minimum absolute atomic E-state index is 0.538. The Hall–Kier alpha value is -0.770. The van der Waals surface area contributed by atoms with Gasteiger partial charge in [0.1, 0.15) is 0 Å². The normalized spacial score (nSPS) is 10.4. The zero-order chi connectivity index (χ0) is 11.3. The summed E-state index contributed by atoms with van der Waals surface area (Å²) < 4.78 is 0. The monoisotopic (exact) mass is 227 g/mol. The molecule has 0 atom stereocenters. The van der Waals surface area contributed by atoms with Crippen LogP contribution in [0, 0.1) is 0 Å². The minimum Gasteiger partial charge on any atom is -0.373 e. The second-order valence-electron chi connectivity index (χ2n) is 3.50. The van der Waals surface area contributed by atoms with Gasteiger partial charge in [-0.3, -0.25) is 0 Å². The number of halogens is 1. The first kappa shape index (κ1) is 12.3. The van der Waals surface area contributed by atoms with Crippen LogP contribution in [0.3, 0.4) is 0 Å². The van der Waals surface area contributed by atoms with Gasteiger partial charge in [0.25, 0.3) is 0 Å². The van der Waals surface area contributed by atoms with E-state index >= 15 is 0 Å². The number of benzene rings is 1. The number of rotatable bonds is 5. The predicted molar refractivity (Wildman–Crippen MR) is 66.5 cm³/mol. The van der Waals surface area contributed by atoms with Crippen LogP contribution in [0.2, 0.25) is 5.02 Å². The van der Waals surface area contributed by atoms with Gasteiger partial charge in [-0.2, -0.15) is 0 Å². The van der Waals surface area contributed by atoms with Gasteiger partial charge >= 0.3 is 0 Å². The molecular formula is C11H18ClN3. The second-order valence-corrected chi connectivity index (χ2v) is 3.94. The van der Waals surface area contributed by atoms with Crippen molar-refractivity contribution in [2.45, 2.75) is 6.54 Å². The molecule has 0 saturated heterocycles. The van der Waals surface area contributed by atoms with Crippen molar-refractivity contribution >= 4 is 17.3 Å². The number of nitrogens with one attached hydrogen (secondary N) is 1. The van der Waals surface area contributed by atoms with Crippen molar-refractivity contribution in [2.24, 2.45) is 5.73 Å². The molecular weight excluding hydrogens is 210 g/mol. The smallest absolute Gasteiger partial charge is 0.0426 e. The topological polar surface area (TPSA) is 41.3 Å². The third-order valence-corrected chi connectivity index (χ3v) is 2.61. The van der Waals surface area contributed by atoms with E-state index in [2.05, 4.69) is 10.2 Å². The van der Waals surface area contributed by atoms with Gasteiger partial charge in [-0.05, 0) is 24.7 Å². The Morgan fingerprint density at radius 1 is 1.47 bits per heavy atom. The summed E-state index contributed by atoms with van der Waals surface area (Å²) in [5.41, 5.74) is 7.92. The first-order chi connectivity index (χ1) is 7.19. The van der Waals surface area contributed by atoms with E-state index in [1.165, 1.54) is 0 Å². The summed E-state index contributed by atoms with van der Waals surface area (Å²) in [5, 5.41) is 3.86. The van der Waals surface area contributed by atoms with Gasteiger partial charge in [0.15, 0.2) is 0 Å². The van der Waals surface area contributed by atoms with Gasteiger partial charge in [-0.15, -0.1) is 0 Å². The average molecular weight is 228 g/mol. The third kappa shape index (κ3) is 3.38. The first-order valence-corrected chi connectivity index (χ1v) is 5.41. The van der Waals surface area contributed by atoms with Crippen LogP contribution in [0.15, 0.2) is 18.2 Å². The van der Waals surface area contributed by atoms with Crippen molar-refractivity contribution in [1.29, 1.82) is 0 Å². The standard InChI is InChI=1S/C11H18ClN3/c1-14-5-6-15(2)11-7-10(12)4-3-9(11)8-13/h3-4,7,14H,5-6,8,13H2,1-2H3. The van der Waals surface area contributed by atoms with Crippen molar-refractivity contribution in [1.82, 2.24) is 5.32 Å². The highest BCUT2D eigenvalue weighted by atomic mass is 35.5. The van der Waals surface area contributed by atoms with E-state index < -0.39 is 0 Å². The number of nitrogens with zero attached hydrogens (tertiary/aromatic N) is 1. The molecule has 4 heteroatoms. The van der Waals surface area contributed by atoms with Crippen LogP contribution < -0.4 is 16.0 Å². The summed E-state index contributed by atoms with van der Waals surface area (Å²) in [5.74, 6) is 0. The quantitative estimate of drug-likeness (QED) is 0.800. The van der Waals surface area contributed by atoms with Crippen LogP contribution in [0.1, 0.15) is 5.56 Å². The maximum absolute atomic E-state index is 5.97. The summed E-state index contributed by atoms with van der Waals surface area (Å²) in [7, 11) is 3.98. The Morgan fingerprint density at radius 2 is 2.20 bits per heavy atom. The Morgan fingerprint density at radius 3 is 2.80 bits per heavy atom. The molecule has 0 amide bonds. The molecule has 0 saturated carbocycles. The lowest BCUT2D eigenvalue weighted by Crippen LogP contribution is -2.28. The average Bonchev–Trinajstić information content (AvgIpc) is 2.25. The molecule has 15 heavy (non-hydrogen) atoms. The minimum atomic E-state index is 0.538. The molecule has 0 aliphatic carbocycles. The van der Waals surface area contributed by atoms with E-state index in [-0.39, 0.29) is 0 Å². The summed E-state index contributed by atoms with van der Waals surface area (Å²) >= 11 is 5.97. The van der Waals surface area contributed by atoms with E-state index in [1.54, 1.807) is 0 Å². The predicted octanol–water partition coefficient (Wildman–Crippen LogP) is 1.45. The van der Waals surface area contributed by atoms with E-state index in [0.717, 1.165) is 29.4 Å². The first-order valence-electron chi connectivity index (χ1n) is 5.03. The van der Waals surface area contributed by atoms with Crippen LogP contribution in [0.5, 0.6) is 0 Å². The van der Waals surface area contributed by atoms with E-state index in [1.807, 2.05) is 32.3 Å². The lowest BCUT2D eigenvalue weighted by Gasteiger charge is -2.22. The number of hydrogen-bond acceptors (Lipinski definition) is 3. The zero-order valence-electron chi connectivity index (χ0n) is 9.26. The highest BCUT2D eigenvalue weighted by molar-refractivity contribution is 6.30.